The molecule has 0 saturated carbocycles. The highest BCUT2D eigenvalue weighted by atomic mass is 35.7. The van der Waals surface area contributed by atoms with Crippen molar-refractivity contribution < 1.29 is 122 Å². The molecule has 6 atom stereocenters. The van der Waals surface area contributed by atoms with Crippen LogP contribution in [0.3, 0.4) is 0 Å². The number of aromatic hydroxyl groups is 4. The second kappa shape index (κ2) is 38.0. The molecular weight excluding hydrogens is 1640 g/mol. The first-order valence-electron chi connectivity index (χ1n) is 33.4. The number of thioether (sulfide) groups is 1. The number of amides is 2. The van der Waals surface area contributed by atoms with Crippen LogP contribution in [-0.2, 0) is 53.3 Å². The standard InChI is InChI=1S/C25H30N2O9S2.C20H22N2O7S2.C16H18N2O5S2.C11H7ClO5S.CH4/c1-5-10-35-23(31)27-14-16(37-24(32)36-25(2,3)4)11-15(27)13-26-38(33,34)20-12-19(22(29)30)21(28)18-9-7-6-8-17(18)20;1-2-7-29-20(26)22-11-13(30)8-12(22)10-21-31(27,28)17-9-16(19(24)25)18(23)15-6-4-3-5-14(15)17;19-15-12-4-2-1-3-11(12)14(6-13(15)16(20)21)25(22,23)18-7-9-5-10(24)8-17-9;12-18(16,17)9-5-8(11(14)15)10(13)7-4-2-1-3-6(7)9;/h5-9,12,15-16,26,28H,1,10-11,13-14H2,2-4H3,(H,29,30);2-6,9,12-13,21,23,30H,1,7-8,10-11H2,(H,24,25);1-4,6,9-10,17-19,24H,5,7-8H2,(H,20,21);1-5,13H,(H,14,15);1H4/t15-,16-;12-,13-;9-,10-;;/m000../s1. The summed E-state index contributed by atoms with van der Waals surface area (Å²) in [5.41, 5.74) is -2.73. The Bertz CT molecular complexity index is 5500. The summed E-state index contributed by atoms with van der Waals surface area (Å²) in [5, 5.41) is 81.1. The van der Waals surface area contributed by atoms with Crippen molar-refractivity contribution in [3.05, 3.63) is 169 Å². The summed E-state index contributed by atoms with van der Waals surface area (Å²) in [7, 11) is -11.3. The molecule has 3 heterocycles. The molecule has 2 amide bonds. The van der Waals surface area contributed by atoms with Gasteiger partial charge in [-0.2, -0.15) is 25.3 Å². The molecule has 0 spiro atoms. The van der Waals surface area contributed by atoms with Crippen molar-refractivity contribution in [2.45, 2.75) is 107 Å². The van der Waals surface area contributed by atoms with Gasteiger partial charge in [0.2, 0.25) is 30.1 Å². The molecule has 0 radical (unpaired) electrons. The molecule has 0 bridgehead atoms. The van der Waals surface area contributed by atoms with E-state index >= 15 is 0 Å². The number of sulfonamides is 3. The maximum Gasteiger partial charge on any atom is 0.410 e. The normalized spacial score (nSPS) is 17.6. The van der Waals surface area contributed by atoms with Gasteiger partial charge in [-0.05, 0) is 76.1 Å². The molecule has 40 heteroatoms. The second-order valence-electron chi connectivity index (χ2n) is 26.1. The van der Waals surface area contributed by atoms with Crippen molar-refractivity contribution >= 4 is 171 Å². The summed E-state index contributed by atoms with van der Waals surface area (Å²) in [6, 6.07) is 26.8. The predicted octanol–water partition coefficient (Wildman–Crippen LogP) is 10.2. The van der Waals surface area contributed by atoms with Gasteiger partial charge in [0.1, 0.15) is 64.1 Å². The number of hydrogen-bond donors (Lipinski definition) is 14. The fourth-order valence-corrected chi connectivity index (χ4v) is 19.1. The van der Waals surface area contributed by atoms with Gasteiger partial charge in [-0.1, -0.05) is 130 Å². The first kappa shape index (κ1) is 90.5. The van der Waals surface area contributed by atoms with E-state index in [1.54, 1.807) is 69.3 Å². The lowest BCUT2D eigenvalue weighted by atomic mass is 10.1. The highest BCUT2D eigenvalue weighted by molar-refractivity contribution is 8.14. The molecule has 0 aliphatic carbocycles. The topological polar surface area (TPSA) is 500 Å². The lowest BCUT2D eigenvalue weighted by molar-refractivity contribution is 0.0682. The van der Waals surface area contributed by atoms with E-state index in [1.807, 2.05) is 0 Å². The Morgan fingerprint density at radius 1 is 0.513 bits per heavy atom. The Balaban J connectivity index is 0.000000215. The second-order valence-corrected chi connectivity index (χ2v) is 36.6. The number of phenols is 4. The van der Waals surface area contributed by atoms with Crippen molar-refractivity contribution in [3.63, 3.8) is 0 Å². The average Bonchev–Trinajstić information content (AvgIpc) is 1.19. The molecule has 8 aromatic rings. The highest BCUT2D eigenvalue weighted by Crippen LogP contribution is 2.40. The number of aromatic carboxylic acids is 4. The number of likely N-dealkylation sites (tertiary alicyclic amines) is 2. The molecule has 3 fully saturated rings. The molecular formula is C73H81ClN6O26S7. The van der Waals surface area contributed by atoms with Crippen LogP contribution in [0.15, 0.2) is 166 Å². The number of carbonyl (C=O) groups excluding carboxylic acids is 3. The molecule has 8 aromatic carbocycles. The lowest BCUT2D eigenvalue weighted by Crippen LogP contribution is -2.43. The summed E-state index contributed by atoms with van der Waals surface area (Å²) >= 11 is 9.66. The van der Waals surface area contributed by atoms with Gasteiger partial charge in [-0.15, -0.1) is 0 Å². The van der Waals surface area contributed by atoms with E-state index in [1.165, 1.54) is 70.5 Å². The number of carboxylic acids is 4. The lowest BCUT2D eigenvalue weighted by Gasteiger charge is -2.24. The third-order valence-electron chi connectivity index (χ3n) is 17.2. The van der Waals surface area contributed by atoms with Gasteiger partial charge in [0.25, 0.3) is 9.05 Å². The number of halogens is 1. The Hall–Kier alpha value is -9.65. The number of nitrogens with zero attached hydrogens (tertiary/aromatic N) is 2. The van der Waals surface area contributed by atoms with Gasteiger partial charge in [0.05, 0.1) is 19.6 Å². The first-order valence-corrected chi connectivity index (χ1v) is 42.1. The number of fused-ring (bicyclic) bond motifs is 4. The van der Waals surface area contributed by atoms with Crippen LogP contribution >= 0.6 is 47.7 Å². The number of thiol groups is 2. The van der Waals surface area contributed by atoms with Crippen LogP contribution < -0.4 is 19.5 Å². The third kappa shape index (κ3) is 22.4. The molecule has 113 heavy (non-hydrogen) atoms. The number of hydrogen-bond acceptors (Lipinski definition) is 26. The quantitative estimate of drug-likeness (QED) is 0.00985. The maximum absolute atomic E-state index is 13.3. The molecule has 0 unspecified atom stereocenters. The van der Waals surface area contributed by atoms with Crippen LogP contribution in [0.1, 0.15) is 88.9 Å². The predicted molar refractivity (Wildman–Crippen MR) is 429 cm³/mol. The van der Waals surface area contributed by atoms with E-state index in [-0.39, 0.29) is 138 Å². The molecule has 3 aliphatic rings. The monoisotopic (exact) mass is 1720 g/mol. The number of ether oxygens (including phenoxy) is 3. The first-order chi connectivity index (χ1) is 52.5. The summed E-state index contributed by atoms with van der Waals surface area (Å²) in [6.45, 7) is 13.2. The van der Waals surface area contributed by atoms with Crippen molar-refractivity contribution in [2.24, 2.45) is 0 Å². The minimum atomic E-state index is -4.30. The SMILES string of the molecule is C.C=CCOC(=O)N1C[C@@H](S)C[C@H]1CNS(=O)(=O)c1cc(C(=O)O)c(O)c2ccccc12.C=CCOC(=O)N1C[C@@H](SC(=O)OC(C)(C)C)C[C@H]1CNS(=O)(=O)c1cc(C(=O)O)c(O)c2ccccc12.O=C(O)c1cc(S(=O)(=O)Cl)c2ccccc2c1O.O=C(O)c1cc(S(=O)(=O)NC[C@@H]2C[C@H](S)CN2)c2ccccc2c1O. The van der Waals surface area contributed by atoms with Crippen LogP contribution in [0.25, 0.3) is 43.1 Å². The van der Waals surface area contributed by atoms with Crippen LogP contribution in [0, 0.1) is 0 Å². The van der Waals surface area contributed by atoms with E-state index < -0.39 is 143 Å². The Morgan fingerprint density at radius 2 is 0.832 bits per heavy atom. The summed E-state index contributed by atoms with van der Waals surface area (Å²) in [6.07, 6.45) is 3.00. The zero-order valence-electron chi connectivity index (χ0n) is 59.5. The van der Waals surface area contributed by atoms with Crippen molar-refractivity contribution in [1.29, 1.82) is 0 Å². The summed E-state index contributed by atoms with van der Waals surface area (Å²) in [5.74, 6) is -7.74. The third-order valence-corrected chi connectivity index (χ3v) is 24.7. The molecule has 3 saturated heterocycles. The van der Waals surface area contributed by atoms with Crippen molar-refractivity contribution in [3.8, 4) is 23.0 Å². The number of carbonyl (C=O) groups is 7. The van der Waals surface area contributed by atoms with Crippen LogP contribution in [0.2, 0.25) is 0 Å². The zero-order valence-corrected chi connectivity index (χ0v) is 66.1. The maximum atomic E-state index is 13.3. The highest BCUT2D eigenvalue weighted by Gasteiger charge is 2.41. The van der Waals surface area contributed by atoms with Crippen LogP contribution in [0.4, 0.5) is 14.4 Å². The van der Waals surface area contributed by atoms with E-state index in [9.17, 15) is 103 Å². The molecule has 11 rings (SSSR count). The minimum absolute atomic E-state index is 0. The minimum Gasteiger partial charge on any atom is -0.506 e. The number of carboxylic acid groups (broad SMARTS) is 4. The summed E-state index contributed by atoms with van der Waals surface area (Å²) < 4.78 is 124. The smallest absolute Gasteiger partial charge is 0.410 e. The van der Waals surface area contributed by atoms with E-state index in [2.05, 4.69) is 57.9 Å². The molecule has 3 aliphatic heterocycles. The van der Waals surface area contributed by atoms with Crippen LogP contribution in [-0.4, -0.2) is 218 Å². The number of benzene rings is 8. The molecule has 608 valence electrons. The van der Waals surface area contributed by atoms with Gasteiger partial charge in [0.15, 0.2) is 0 Å². The Labute approximate surface area is 669 Å². The molecule has 12 N–H and O–H groups in total. The van der Waals surface area contributed by atoms with Gasteiger partial charge >= 0.3 is 41.4 Å². The van der Waals surface area contributed by atoms with Crippen LogP contribution in [0.5, 0.6) is 23.0 Å². The fourth-order valence-electron chi connectivity index (χ4n) is 12.2. The van der Waals surface area contributed by atoms with Gasteiger partial charge in [-0.25, -0.2) is 81.4 Å². The number of rotatable bonds is 22. The van der Waals surface area contributed by atoms with E-state index in [0.717, 1.165) is 42.4 Å². The van der Waals surface area contributed by atoms with Crippen molar-refractivity contribution in [1.82, 2.24) is 29.3 Å². The fraction of sp³-hybridized carbons (Fsp3) is 0.301. The van der Waals surface area contributed by atoms with Gasteiger partial charge < -0.3 is 70.2 Å². The number of nitrogens with one attached hydrogen (secondary N) is 4. The Kier molecular flexibility index (Phi) is 30.4. The average molecular weight is 1720 g/mol. The van der Waals surface area contributed by atoms with E-state index in [0.29, 0.717) is 19.5 Å². The molecule has 32 nitrogen and oxygen atoms in total. The van der Waals surface area contributed by atoms with Gasteiger partial charge in [0, 0.05) is 127 Å². The Morgan fingerprint density at radius 3 is 1.15 bits per heavy atom. The van der Waals surface area contributed by atoms with Crippen molar-refractivity contribution in [2.75, 3.05) is 52.5 Å². The zero-order chi connectivity index (χ0) is 82.7. The van der Waals surface area contributed by atoms with Gasteiger partial charge in [-0.3, -0.25) is 0 Å². The molecule has 0 aromatic heterocycles. The van der Waals surface area contributed by atoms with E-state index in [4.69, 9.17) is 30.0 Å². The summed E-state index contributed by atoms with van der Waals surface area (Å²) in [4.78, 5) is 84.3. The largest absolute Gasteiger partial charge is 0.506 e.